The van der Waals surface area contributed by atoms with Gasteiger partial charge in [-0.3, -0.25) is 15.1 Å². The maximum absolute atomic E-state index is 10.7. The normalized spacial score (nSPS) is 12.5. The fourth-order valence-electron chi connectivity index (χ4n) is 2.55. The molecule has 0 saturated heterocycles. The van der Waals surface area contributed by atoms with Crippen molar-refractivity contribution in [3.05, 3.63) is 58.4 Å². The van der Waals surface area contributed by atoms with Gasteiger partial charge in [0.25, 0.3) is 5.69 Å². The van der Waals surface area contributed by atoms with Gasteiger partial charge in [-0.25, -0.2) is 0 Å². The molecule has 0 radical (unpaired) electrons. The van der Waals surface area contributed by atoms with Crippen molar-refractivity contribution in [3.8, 4) is 5.75 Å². The molecule has 1 unspecified atom stereocenters. The summed E-state index contributed by atoms with van der Waals surface area (Å²) in [6.07, 6.45) is 1.19. The highest BCUT2D eigenvalue weighted by atomic mass is 16.6. The van der Waals surface area contributed by atoms with Gasteiger partial charge in [0, 0.05) is 44.7 Å². The van der Waals surface area contributed by atoms with Crippen LogP contribution in [-0.4, -0.2) is 58.3 Å². The molecule has 0 bridgehead atoms. The molecule has 0 aliphatic rings. The largest absolute Gasteiger partial charge is 0.491 e. The second kappa shape index (κ2) is 10.3. The van der Waals surface area contributed by atoms with Crippen LogP contribution in [0.15, 0.2) is 47.6 Å². The summed E-state index contributed by atoms with van der Waals surface area (Å²) in [6, 6.07) is 9.78. The molecule has 0 saturated carbocycles. The number of nitrogens with zero attached hydrogens (tertiary/aromatic N) is 4. The molecule has 1 atom stereocenters. The van der Waals surface area contributed by atoms with Crippen molar-refractivity contribution < 1.29 is 14.8 Å². The van der Waals surface area contributed by atoms with Gasteiger partial charge in [-0.05, 0) is 31.2 Å². The summed E-state index contributed by atoms with van der Waals surface area (Å²) in [5.74, 6) is 1.15. The van der Waals surface area contributed by atoms with Crippen molar-refractivity contribution in [1.82, 2.24) is 14.8 Å². The first-order valence-corrected chi connectivity index (χ1v) is 9.05. The van der Waals surface area contributed by atoms with E-state index in [1.54, 1.807) is 0 Å². The van der Waals surface area contributed by atoms with E-state index in [4.69, 9.17) is 4.74 Å². The van der Waals surface area contributed by atoms with Gasteiger partial charge in [0.1, 0.15) is 18.5 Å². The Hall–Kier alpha value is -3.07. The average Bonchev–Trinajstić information content (AvgIpc) is 3.08. The number of hydrogen-bond acceptors (Lipinski definition) is 5. The highest BCUT2D eigenvalue weighted by molar-refractivity contribution is 5.79. The lowest BCUT2D eigenvalue weighted by molar-refractivity contribution is -0.384. The van der Waals surface area contributed by atoms with Gasteiger partial charge >= 0.3 is 0 Å². The minimum absolute atomic E-state index is 0.00552. The minimum atomic E-state index is -0.799. The third kappa shape index (κ3) is 6.27. The summed E-state index contributed by atoms with van der Waals surface area (Å²) in [5, 5.41) is 24.0. The van der Waals surface area contributed by atoms with Crippen LogP contribution >= 0.6 is 0 Å². The zero-order valence-electron chi connectivity index (χ0n) is 16.4. The van der Waals surface area contributed by atoms with E-state index in [0.29, 0.717) is 24.8 Å². The lowest BCUT2D eigenvalue weighted by Gasteiger charge is -2.23. The highest BCUT2D eigenvalue weighted by Crippen LogP contribution is 2.17. The van der Waals surface area contributed by atoms with E-state index >= 15 is 0 Å². The van der Waals surface area contributed by atoms with Crippen LogP contribution in [0.25, 0.3) is 0 Å². The molecule has 1 aromatic heterocycles. The first kappa shape index (κ1) is 21.2. The fourth-order valence-corrected chi connectivity index (χ4v) is 2.55. The number of guanidine groups is 1. The predicted octanol–water partition coefficient (Wildman–Crippen LogP) is 1.77. The number of benzene rings is 1. The number of rotatable bonds is 9. The Labute approximate surface area is 164 Å². The maximum atomic E-state index is 10.7. The number of ether oxygens (including phenoxy) is 1. The SMILES string of the molecule is CCNC(=NCC(O)COc1ccc([N+](=O)[O-])cc1)N(C)Cc1cccn1C. The number of nitro groups is 1. The molecular weight excluding hydrogens is 362 g/mol. The average molecular weight is 389 g/mol. The Bertz CT molecular complexity index is 788. The summed E-state index contributed by atoms with van der Waals surface area (Å²) in [7, 11) is 3.93. The zero-order chi connectivity index (χ0) is 20.5. The van der Waals surface area contributed by atoms with Gasteiger partial charge in [0.05, 0.1) is 18.0 Å². The fraction of sp³-hybridized carbons (Fsp3) is 0.421. The summed E-state index contributed by atoms with van der Waals surface area (Å²) < 4.78 is 7.53. The van der Waals surface area contributed by atoms with E-state index in [-0.39, 0.29) is 18.8 Å². The summed E-state index contributed by atoms with van der Waals surface area (Å²) in [5.41, 5.74) is 1.14. The van der Waals surface area contributed by atoms with Crippen LogP contribution < -0.4 is 10.1 Å². The Kier molecular flexibility index (Phi) is 7.82. The van der Waals surface area contributed by atoms with Gasteiger partial charge in [-0.15, -0.1) is 0 Å². The van der Waals surface area contributed by atoms with Gasteiger partial charge in [0.15, 0.2) is 5.96 Å². The molecule has 28 heavy (non-hydrogen) atoms. The van der Waals surface area contributed by atoms with E-state index in [2.05, 4.69) is 10.3 Å². The molecule has 1 aromatic carbocycles. The standard InChI is InChI=1S/C19H27N5O4/c1-4-20-19(23(3)13-16-6-5-11-22(16)2)21-12-17(25)14-28-18-9-7-15(8-10-18)24(26)27/h5-11,17,25H,4,12-14H2,1-3H3,(H,20,21). The van der Waals surface area contributed by atoms with E-state index in [1.165, 1.54) is 24.3 Å². The van der Waals surface area contributed by atoms with E-state index in [1.807, 2.05) is 48.8 Å². The molecule has 2 aromatic rings. The summed E-state index contributed by atoms with van der Waals surface area (Å²) in [6.45, 7) is 3.60. The number of non-ortho nitro benzene ring substituents is 1. The molecule has 2 rings (SSSR count). The molecule has 1 heterocycles. The quantitative estimate of drug-likeness (QED) is 0.293. The van der Waals surface area contributed by atoms with Crippen molar-refractivity contribution in [2.75, 3.05) is 26.7 Å². The third-order valence-electron chi connectivity index (χ3n) is 4.09. The van der Waals surface area contributed by atoms with Crippen molar-refractivity contribution >= 4 is 11.6 Å². The second-order valence-corrected chi connectivity index (χ2v) is 6.38. The topological polar surface area (TPSA) is 105 Å². The molecule has 0 aliphatic heterocycles. The number of aliphatic hydroxyl groups excluding tert-OH is 1. The number of nitro benzene ring substituents is 1. The molecule has 0 fully saturated rings. The monoisotopic (exact) mass is 389 g/mol. The first-order valence-electron chi connectivity index (χ1n) is 9.05. The highest BCUT2D eigenvalue weighted by Gasteiger charge is 2.11. The van der Waals surface area contributed by atoms with Crippen LogP contribution in [0.5, 0.6) is 5.75 Å². The lowest BCUT2D eigenvalue weighted by atomic mass is 10.3. The van der Waals surface area contributed by atoms with Crippen LogP contribution in [-0.2, 0) is 13.6 Å². The number of nitrogens with one attached hydrogen (secondary N) is 1. The number of aryl methyl sites for hydroxylation is 1. The van der Waals surface area contributed by atoms with Crippen LogP contribution in [0.3, 0.4) is 0 Å². The van der Waals surface area contributed by atoms with Crippen molar-refractivity contribution in [3.63, 3.8) is 0 Å². The molecule has 9 nitrogen and oxygen atoms in total. The van der Waals surface area contributed by atoms with Gasteiger partial charge < -0.3 is 24.6 Å². The van der Waals surface area contributed by atoms with Crippen molar-refractivity contribution in [2.24, 2.45) is 12.0 Å². The maximum Gasteiger partial charge on any atom is 0.269 e. The van der Waals surface area contributed by atoms with E-state index in [0.717, 1.165) is 5.69 Å². The zero-order valence-corrected chi connectivity index (χ0v) is 16.4. The lowest BCUT2D eigenvalue weighted by Crippen LogP contribution is -2.39. The third-order valence-corrected chi connectivity index (χ3v) is 4.09. The Morgan fingerprint density at radius 1 is 1.39 bits per heavy atom. The van der Waals surface area contributed by atoms with Crippen LogP contribution in [0.4, 0.5) is 5.69 Å². The van der Waals surface area contributed by atoms with E-state index in [9.17, 15) is 15.2 Å². The summed E-state index contributed by atoms with van der Waals surface area (Å²) >= 11 is 0. The van der Waals surface area contributed by atoms with Crippen LogP contribution in [0.2, 0.25) is 0 Å². The van der Waals surface area contributed by atoms with Gasteiger partial charge in [-0.2, -0.15) is 0 Å². The molecule has 2 N–H and O–H groups in total. The number of aromatic nitrogens is 1. The Morgan fingerprint density at radius 3 is 2.68 bits per heavy atom. The summed E-state index contributed by atoms with van der Waals surface area (Å²) in [4.78, 5) is 16.6. The minimum Gasteiger partial charge on any atom is -0.491 e. The second-order valence-electron chi connectivity index (χ2n) is 6.38. The molecule has 152 valence electrons. The Balaban J connectivity index is 1.88. The van der Waals surface area contributed by atoms with E-state index < -0.39 is 11.0 Å². The number of hydrogen-bond donors (Lipinski definition) is 2. The molecular formula is C19H27N5O4. The van der Waals surface area contributed by atoms with Gasteiger partial charge in [-0.1, -0.05) is 0 Å². The first-order chi connectivity index (χ1) is 13.4. The van der Waals surface area contributed by atoms with Crippen LogP contribution in [0, 0.1) is 10.1 Å². The van der Waals surface area contributed by atoms with Crippen molar-refractivity contribution in [1.29, 1.82) is 0 Å². The number of aliphatic hydroxyl groups is 1. The van der Waals surface area contributed by atoms with Crippen LogP contribution in [0.1, 0.15) is 12.6 Å². The Morgan fingerprint density at radius 2 is 2.11 bits per heavy atom. The van der Waals surface area contributed by atoms with Crippen molar-refractivity contribution in [2.45, 2.75) is 19.6 Å². The molecule has 9 heteroatoms. The molecule has 0 spiro atoms. The number of aliphatic imine (C=N–C) groups is 1. The van der Waals surface area contributed by atoms with Gasteiger partial charge in [0.2, 0.25) is 0 Å². The molecule has 0 aliphatic carbocycles. The molecule has 0 amide bonds. The smallest absolute Gasteiger partial charge is 0.269 e. The predicted molar refractivity (Wildman–Crippen MR) is 107 cm³/mol.